The Morgan fingerprint density at radius 3 is 2.85 bits per heavy atom. The van der Waals surface area contributed by atoms with Crippen LogP contribution in [-0.4, -0.2) is 41.7 Å². The van der Waals surface area contributed by atoms with Crippen LogP contribution < -0.4 is 0 Å². The number of aliphatic hydroxyl groups is 1. The maximum absolute atomic E-state index is 12.4. The van der Waals surface area contributed by atoms with E-state index in [1.54, 1.807) is 0 Å². The maximum atomic E-state index is 12.4. The van der Waals surface area contributed by atoms with Crippen molar-refractivity contribution in [2.45, 2.75) is 31.2 Å². The molecule has 0 aromatic rings. The van der Waals surface area contributed by atoms with Gasteiger partial charge in [-0.2, -0.15) is 0 Å². The second kappa shape index (κ2) is 3.17. The average molecular weight is 191 g/mol. The van der Waals surface area contributed by atoms with Crippen molar-refractivity contribution in [3.05, 3.63) is 0 Å². The fourth-order valence-corrected chi connectivity index (χ4v) is 2.76. The third-order valence-electron chi connectivity index (χ3n) is 3.49. The third-order valence-corrected chi connectivity index (χ3v) is 3.49. The molecule has 2 fully saturated rings. The lowest BCUT2D eigenvalue weighted by Gasteiger charge is -2.29. The van der Waals surface area contributed by atoms with Gasteiger partial charge in [-0.1, -0.05) is 0 Å². The Bertz CT molecular complexity index is 200. The zero-order valence-corrected chi connectivity index (χ0v) is 7.55. The minimum atomic E-state index is -2.23. The Labute approximate surface area is 76.5 Å². The fourth-order valence-electron chi connectivity index (χ4n) is 2.76. The van der Waals surface area contributed by atoms with Crippen LogP contribution in [0.5, 0.6) is 0 Å². The number of hydrogen-bond acceptors (Lipinski definition) is 2. The molecule has 2 aliphatic rings. The predicted molar refractivity (Wildman–Crippen MR) is 44.7 cm³/mol. The summed E-state index contributed by atoms with van der Waals surface area (Å²) >= 11 is 0. The zero-order valence-electron chi connectivity index (χ0n) is 7.55. The molecule has 4 heteroatoms. The van der Waals surface area contributed by atoms with E-state index in [1.165, 1.54) is 0 Å². The smallest absolute Gasteiger partial charge is 0.242 e. The molecule has 0 radical (unpaired) electrons. The Morgan fingerprint density at radius 2 is 2.31 bits per heavy atom. The molecule has 2 nitrogen and oxygen atoms in total. The van der Waals surface area contributed by atoms with Gasteiger partial charge in [0.15, 0.2) is 0 Å². The monoisotopic (exact) mass is 191 g/mol. The lowest BCUT2D eigenvalue weighted by molar-refractivity contribution is 0.0776. The molecule has 2 atom stereocenters. The first-order valence-electron chi connectivity index (χ1n) is 4.82. The van der Waals surface area contributed by atoms with E-state index in [4.69, 9.17) is 0 Å². The van der Waals surface area contributed by atoms with E-state index >= 15 is 0 Å². The summed E-state index contributed by atoms with van der Waals surface area (Å²) in [4.78, 5) is 2.05. The highest BCUT2D eigenvalue weighted by atomic mass is 19.3. The van der Waals surface area contributed by atoms with Crippen LogP contribution >= 0.6 is 0 Å². The van der Waals surface area contributed by atoms with Crippen LogP contribution in [0.2, 0.25) is 0 Å². The Balaban J connectivity index is 2.09. The van der Waals surface area contributed by atoms with Gasteiger partial charge >= 0.3 is 0 Å². The molecule has 0 saturated carbocycles. The van der Waals surface area contributed by atoms with Gasteiger partial charge in [-0.05, 0) is 25.8 Å². The van der Waals surface area contributed by atoms with Gasteiger partial charge in [-0.25, -0.2) is 8.78 Å². The second-order valence-corrected chi connectivity index (χ2v) is 4.23. The molecule has 0 aromatic carbocycles. The molecule has 0 bridgehead atoms. The van der Waals surface area contributed by atoms with Crippen molar-refractivity contribution in [2.75, 3.05) is 19.7 Å². The second-order valence-electron chi connectivity index (χ2n) is 4.23. The van der Waals surface area contributed by atoms with Crippen molar-refractivity contribution >= 4 is 0 Å². The summed E-state index contributed by atoms with van der Waals surface area (Å²) in [6.45, 7) is 1.39. The summed E-state index contributed by atoms with van der Waals surface area (Å²) in [5.74, 6) is -0.521. The molecular formula is C9H15F2NO. The van der Waals surface area contributed by atoms with E-state index in [0.717, 1.165) is 19.4 Å². The zero-order chi connectivity index (χ0) is 9.47. The van der Waals surface area contributed by atoms with E-state index in [-0.39, 0.29) is 12.1 Å². The highest BCUT2D eigenvalue weighted by molar-refractivity contribution is 5.03. The van der Waals surface area contributed by atoms with Gasteiger partial charge in [-0.15, -0.1) is 0 Å². The highest BCUT2D eigenvalue weighted by Gasteiger charge is 2.50. The van der Waals surface area contributed by atoms with Gasteiger partial charge in [0.25, 0.3) is 0 Å². The van der Waals surface area contributed by atoms with Crippen LogP contribution in [0.15, 0.2) is 0 Å². The lowest BCUT2D eigenvalue weighted by Crippen LogP contribution is -2.41. The molecule has 0 aliphatic carbocycles. The van der Waals surface area contributed by atoms with E-state index in [9.17, 15) is 13.9 Å². The summed E-state index contributed by atoms with van der Waals surface area (Å²) in [7, 11) is 0. The molecule has 2 aliphatic heterocycles. The molecule has 0 spiro atoms. The maximum Gasteiger partial charge on any atom is 0.242 e. The predicted octanol–water partition coefficient (Wildman–Crippen LogP) is 1.10. The number of hydrogen-bond donors (Lipinski definition) is 1. The van der Waals surface area contributed by atoms with Gasteiger partial charge in [0.2, 0.25) is 6.43 Å². The molecule has 1 N–H and O–H groups in total. The van der Waals surface area contributed by atoms with Gasteiger partial charge in [0.05, 0.1) is 6.61 Å². The number of aliphatic hydroxyl groups excluding tert-OH is 1. The summed E-state index contributed by atoms with van der Waals surface area (Å²) in [6, 6.07) is 0. The van der Waals surface area contributed by atoms with Crippen LogP contribution in [0.25, 0.3) is 0 Å². The largest absolute Gasteiger partial charge is 0.394 e. The summed E-state index contributed by atoms with van der Waals surface area (Å²) in [6.07, 6.45) is 0.166. The van der Waals surface area contributed by atoms with Gasteiger partial charge < -0.3 is 5.11 Å². The van der Waals surface area contributed by atoms with Crippen molar-refractivity contribution in [2.24, 2.45) is 5.92 Å². The quantitative estimate of drug-likeness (QED) is 0.706. The number of rotatable bonds is 2. The molecule has 2 rings (SSSR count). The minimum Gasteiger partial charge on any atom is -0.394 e. The van der Waals surface area contributed by atoms with Gasteiger partial charge in [0, 0.05) is 18.0 Å². The topological polar surface area (TPSA) is 23.5 Å². The molecule has 0 aromatic heterocycles. The number of alkyl halides is 2. The third kappa shape index (κ3) is 1.36. The van der Waals surface area contributed by atoms with Crippen LogP contribution in [-0.2, 0) is 0 Å². The van der Waals surface area contributed by atoms with Crippen molar-refractivity contribution in [1.82, 2.24) is 4.90 Å². The first-order valence-corrected chi connectivity index (χ1v) is 4.82. The van der Waals surface area contributed by atoms with Crippen molar-refractivity contribution in [3.8, 4) is 0 Å². The summed E-state index contributed by atoms with van der Waals surface area (Å²) in [5.41, 5.74) is -0.291. The molecule has 1 unspecified atom stereocenters. The highest BCUT2D eigenvalue weighted by Crippen LogP contribution is 2.42. The normalized spacial score (nSPS) is 40.2. The summed E-state index contributed by atoms with van der Waals surface area (Å²) < 4.78 is 24.9. The molecule has 13 heavy (non-hydrogen) atoms. The first kappa shape index (κ1) is 9.34. The number of halogens is 2. The summed E-state index contributed by atoms with van der Waals surface area (Å²) in [5, 5.41) is 9.24. The van der Waals surface area contributed by atoms with E-state index < -0.39 is 12.3 Å². The molecule has 2 heterocycles. The van der Waals surface area contributed by atoms with Crippen molar-refractivity contribution in [1.29, 1.82) is 0 Å². The number of fused-ring (bicyclic) bond motifs is 1. The first-order chi connectivity index (χ1) is 6.18. The standard InChI is InChI=1S/C9H15F2NO/c10-8(11)7-4-9(6-13)2-1-3-12(9)5-7/h7-8,13H,1-6H2/t7?,9-/m1/s1. The van der Waals surface area contributed by atoms with E-state index in [1.807, 2.05) is 4.90 Å². The number of nitrogens with zero attached hydrogens (tertiary/aromatic N) is 1. The van der Waals surface area contributed by atoms with Gasteiger partial charge in [0.1, 0.15) is 0 Å². The van der Waals surface area contributed by atoms with E-state index in [2.05, 4.69) is 0 Å². The van der Waals surface area contributed by atoms with E-state index in [0.29, 0.717) is 13.0 Å². The van der Waals surface area contributed by atoms with Crippen LogP contribution in [0.4, 0.5) is 8.78 Å². The average Bonchev–Trinajstić information content (AvgIpc) is 2.58. The lowest BCUT2D eigenvalue weighted by atomic mass is 9.91. The fraction of sp³-hybridized carbons (Fsp3) is 1.00. The SMILES string of the molecule is OC[C@]12CCCN1CC(C(F)F)C2. The van der Waals surface area contributed by atoms with Crippen molar-refractivity contribution < 1.29 is 13.9 Å². The molecule has 76 valence electrons. The minimum absolute atomic E-state index is 0.0379. The molecule has 2 saturated heterocycles. The molecular weight excluding hydrogens is 176 g/mol. The van der Waals surface area contributed by atoms with Crippen LogP contribution in [0.3, 0.4) is 0 Å². The molecule has 0 amide bonds. The van der Waals surface area contributed by atoms with Gasteiger partial charge in [-0.3, -0.25) is 4.90 Å². The van der Waals surface area contributed by atoms with Crippen molar-refractivity contribution in [3.63, 3.8) is 0 Å². The Morgan fingerprint density at radius 1 is 1.54 bits per heavy atom. The van der Waals surface area contributed by atoms with Crippen LogP contribution in [0, 0.1) is 5.92 Å². The Hall–Kier alpha value is -0.220. The Kier molecular flexibility index (Phi) is 2.28. The van der Waals surface area contributed by atoms with Crippen LogP contribution in [0.1, 0.15) is 19.3 Å².